The zero-order valence-corrected chi connectivity index (χ0v) is 17.2. The minimum atomic E-state index is -0.739. The number of ether oxygens (including phenoxy) is 1. The van der Waals surface area contributed by atoms with Crippen LogP contribution in [0.15, 0.2) is 59.8 Å². The monoisotopic (exact) mass is 417 g/mol. The summed E-state index contributed by atoms with van der Waals surface area (Å²) in [5, 5.41) is 24.5. The molecule has 0 radical (unpaired) electrons. The molecule has 0 aliphatic carbocycles. The van der Waals surface area contributed by atoms with Crippen molar-refractivity contribution in [1.82, 2.24) is 9.55 Å². The molecule has 2 atom stereocenters. The summed E-state index contributed by atoms with van der Waals surface area (Å²) < 4.78 is 7.69. The average Bonchev–Trinajstić information content (AvgIpc) is 2.78. The highest BCUT2D eigenvalue weighted by Crippen LogP contribution is 2.28. The number of hydrogen-bond acceptors (Lipinski definition) is 5. The summed E-state index contributed by atoms with van der Waals surface area (Å²) in [6.07, 6.45) is 3.47. The van der Waals surface area contributed by atoms with Gasteiger partial charge in [0.25, 0.3) is 5.56 Å². The second-order valence-corrected chi connectivity index (χ2v) is 8.11. The number of aliphatic hydroxyl groups excluding tert-OH is 1. The highest BCUT2D eigenvalue weighted by atomic mass is 16.5. The number of hydrogen-bond donors (Lipinski definition) is 1. The molecule has 158 valence electrons. The SMILES string of the molecule is Cc1cc(Cc2cc3c(=O)n([C@H]4CCOC[C@@H]4O)cnc3c3ccccc23)cc[n+]1[O-]. The van der Waals surface area contributed by atoms with Crippen LogP contribution >= 0.6 is 0 Å². The summed E-state index contributed by atoms with van der Waals surface area (Å²) in [7, 11) is 0. The third kappa shape index (κ3) is 3.45. The summed E-state index contributed by atoms with van der Waals surface area (Å²) in [5.74, 6) is 0. The molecule has 1 saturated heterocycles. The molecule has 1 aliphatic rings. The van der Waals surface area contributed by atoms with Crippen LogP contribution in [-0.2, 0) is 11.2 Å². The van der Waals surface area contributed by atoms with Crippen molar-refractivity contribution in [3.63, 3.8) is 0 Å². The predicted molar refractivity (Wildman–Crippen MR) is 117 cm³/mol. The fourth-order valence-electron chi connectivity index (χ4n) is 4.46. The minimum absolute atomic E-state index is 0.162. The van der Waals surface area contributed by atoms with Crippen molar-refractivity contribution in [2.24, 2.45) is 0 Å². The molecule has 2 aromatic carbocycles. The van der Waals surface area contributed by atoms with E-state index < -0.39 is 6.10 Å². The van der Waals surface area contributed by atoms with Gasteiger partial charge in [0, 0.05) is 31.0 Å². The van der Waals surface area contributed by atoms with Gasteiger partial charge in [-0.05, 0) is 35.4 Å². The first-order valence-electron chi connectivity index (χ1n) is 10.4. The van der Waals surface area contributed by atoms with E-state index in [9.17, 15) is 15.1 Å². The van der Waals surface area contributed by atoms with Crippen LogP contribution in [0.2, 0.25) is 0 Å². The molecule has 31 heavy (non-hydrogen) atoms. The first kappa shape index (κ1) is 19.7. The summed E-state index contributed by atoms with van der Waals surface area (Å²) in [6, 6.07) is 13.1. The average molecular weight is 417 g/mol. The van der Waals surface area contributed by atoms with E-state index >= 15 is 0 Å². The number of pyridine rings is 1. The molecule has 1 N–H and O–H groups in total. The first-order valence-corrected chi connectivity index (χ1v) is 10.4. The Balaban J connectivity index is 1.70. The van der Waals surface area contributed by atoms with E-state index in [1.165, 1.54) is 6.20 Å². The van der Waals surface area contributed by atoms with Gasteiger partial charge in [0.05, 0.1) is 36.0 Å². The highest BCUT2D eigenvalue weighted by molar-refractivity contribution is 6.06. The Hall–Kier alpha value is -3.29. The number of aliphatic hydroxyl groups is 1. The lowest BCUT2D eigenvalue weighted by atomic mass is 9.96. The molecule has 2 aromatic heterocycles. The second kappa shape index (κ2) is 7.76. The third-order valence-electron chi connectivity index (χ3n) is 6.09. The number of rotatable bonds is 3. The molecule has 0 spiro atoms. The van der Waals surface area contributed by atoms with E-state index in [1.807, 2.05) is 36.4 Å². The Morgan fingerprint density at radius 1 is 1.23 bits per heavy atom. The van der Waals surface area contributed by atoms with Gasteiger partial charge < -0.3 is 15.1 Å². The highest BCUT2D eigenvalue weighted by Gasteiger charge is 2.27. The van der Waals surface area contributed by atoms with Gasteiger partial charge in [0.1, 0.15) is 0 Å². The van der Waals surface area contributed by atoms with E-state index in [0.29, 0.717) is 36.0 Å². The van der Waals surface area contributed by atoms with Crippen LogP contribution in [0.4, 0.5) is 0 Å². The maximum atomic E-state index is 13.4. The molecular formula is C24H23N3O4. The summed E-state index contributed by atoms with van der Waals surface area (Å²) >= 11 is 0. The Labute approximate surface area is 178 Å². The van der Waals surface area contributed by atoms with Crippen molar-refractivity contribution in [3.05, 3.63) is 87.4 Å². The molecule has 0 saturated carbocycles. The molecule has 1 fully saturated rings. The lowest BCUT2D eigenvalue weighted by molar-refractivity contribution is -0.612. The molecule has 0 unspecified atom stereocenters. The molecule has 7 heteroatoms. The van der Waals surface area contributed by atoms with Crippen LogP contribution in [0.25, 0.3) is 21.7 Å². The largest absolute Gasteiger partial charge is 0.619 e. The van der Waals surface area contributed by atoms with Gasteiger partial charge in [-0.15, -0.1) is 0 Å². The molecule has 7 nitrogen and oxygen atoms in total. The normalized spacial score (nSPS) is 19.2. The van der Waals surface area contributed by atoms with Crippen molar-refractivity contribution in [1.29, 1.82) is 0 Å². The molecule has 4 aromatic rings. The van der Waals surface area contributed by atoms with Crippen molar-refractivity contribution in [2.45, 2.75) is 31.9 Å². The summed E-state index contributed by atoms with van der Waals surface area (Å²) in [6.45, 7) is 2.49. The van der Waals surface area contributed by atoms with Crippen molar-refractivity contribution < 1.29 is 14.6 Å². The Kier molecular flexibility index (Phi) is 4.92. The molecular weight excluding hydrogens is 394 g/mol. The number of aromatic nitrogens is 3. The lowest BCUT2D eigenvalue weighted by Gasteiger charge is -2.29. The maximum absolute atomic E-state index is 13.4. The van der Waals surface area contributed by atoms with Crippen LogP contribution in [-0.4, -0.2) is 34.0 Å². The van der Waals surface area contributed by atoms with Crippen molar-refractivity contribution in [2.75, 3.05) is 13.2 Å². The third-order valence-corrected chi connectivity index (χ3v) is 6.09. The molecule has 5 rings (SSSR count). The van der Waals surface area contributed by atoms with Crippen LogP contribution in [0, 0.1) is 12.1 Å². The van der Waals surface area contributed by atoms with E-state index in [-0.39, 0.29) is 18.2 Å². The van der Waals surface area contributed by atoms with Crippen molar-refractivity contribution in [3.8, 4) is 0 Å². The van der Waals surface area contributed by atoms with Gasteiger partial charge >= 0.3 is 0 Å². The first-order chi connectivity index (χ1) is 15.0. The Morgan fingerprint density at radius 3 is 2.81 bits per heavy atom. The van der Waals surface area contributed by atoms with Crippen LogP contribution in [0.3, 0.4) is 0 Å². The van der Waals surface area contributed by atoms with Crippen LogP contribution < -0.4 is 10.3 Å². The lowest BCUT2D eigenvalue weighted by Crippen LogP contribution is -2.39. The standard InChI is InChI=1S/C24H23N3O4/c1-15-10-16(6-8-27(15)30)11-17-12-20-23(19-5-3-2-4-18(17)19)25-14-26(24(20)29)21-7-9-31-13-22(21)28/h2-6,8,10,12,14,21-22,28H,7,9,11,13H2,1H3/t21-,22-/m0/s1. The summed E-state index contributed by atoms with van der Waals surface area (Å²) in [4.78, 5) is 18.1. The van der Waals surface area contributed by atoms with Gasteiger partial charge in [-0.1, -0.05) is 24.3 Å². The maximum Gasteiger partial charge on any atom is 0.261 e. The Bertz CT molecular complexity index is 1350. The second-order valence-electron chi connectivity index (χ2n) is 8.11. The molecule has 3 heterocycles. The zero-order chi connectivity index (χ0) is 21.5. The van der Waals surface area contributed by atoms with E-state index in [0.717, 1.165) is 26.6 Å². The zero-order valence-electron chi connectivity index (χ0n) is 17.2. The topological polar surface area (TPSA) is 91.3 Å². The van der Waals surface area contributed by atoms with Gasteiger partial charge in [-0.2, -0.15) is 4.73 Å². The fourth-order valence-corrected chi connectivity index (χ4v) is 4.46. The summed E-state index contributed by atoms with van der Waals surface area (Å²) in [5.41, 5.74) is 3.11. The van der Waals surface area contributed by atoms with Gasteiger partial charge in [-0.3, -0.25) is 9.36 Å². The van der Waals surface area contributed by atoms with Gasteiger partial charge in [-0.25, -0.2) is 4.98 Å². The number of benzene rings is 2. The molecule has 0 amide bonds. The van der Waals surface area contributed by atoms with Crippen molar-refractivity contribution >= 4 is 21.7 Å². The number of aryl methyl sites for hydroxylation is 1. The van der Waals surface area contributed by atoms with Crippen LogP contribution in [0.1, 0.15) is 29.3 Å². The predicted octanol–water partition coefficient (Wildman–Crippen LogP) is 2.40. The molecule has 1 aliphatic heterocycles. The molecule has 0 bridgehead atoms. The van der Waals surface area contributed by atoms with E-state index in [2.05, 4.69) is 4.98 Å². The van der Waals surface area contributed by atoms with Crippen LogP contribution in [0.5, 0.6) is 0 Å². The number of fused-ring (bicyclic) bond motifs is 3. The van der Waals surface area contributed by atoms with Gasteiger partial charge in [0.2, 0.25) is 0 Å². The quantitative estimate of drug-likeness (QED) is 0.314. The smallest absolute Gasteiger partial charge is 0.261 e. The van der Waals surface area contributed by atoms with E-state index in [4.69, 9.17) is 4.74 Å². The fraction of sp³-hybridized carbons (Fsp3) is 0.292. The minimum Gasteiger partial charge on any atom is -0.619 e. The Morgan fingerprint density at radius 2 is 2.03 bits per heavy atom. The van der Waals surface area contributed by atoms with E-state index in [1.54, 1.807) is 23.9 Å². The number of nitrogens with zero attached hydrogens (tertiary/aromatic N) is 3. The van der Waals surface area contributed by atoms with Gasteiger partial charge in [0.15, 0.2) is 11.9 Å².